The zero-order valence-electron chi connectivity index (χ0n) is 18.1. The van der Waals surface area contributed by atoms with E-state index in [4.69, 9.17) is 21.7 Å². The lowest BCUT2D eigenvalue weighted by Crippen LogP contribution is -2.39. The standard InChI is InChI=1S/C23H25ClN6O2/c1-25-22(31)16-10-17(13-5-6-13)27-21-19(16)20(28-29(21)2)15-4-3-9-30(12-15)23(32)14-7-8-18(24)26-11-14/h7-8,10-11,13,15H,3-6,9,12H2,1-2H3,(H,25,31). The van der Waals surface area contributed by atoms with Gasteiger partial charge in [-0.15, -0.1) is 0 Å². The molecule has 32 heavy (non-hydrogen) atoms. The second-order valence-corrected chi connectivity index (χ2v) is 9.00. The minimum absolute atomic E-state index is 0.0219. The van der Waals surface area contributed by atoms with Gasteiger partial charge in [0.15, 0.2) is 5.65 Å². The number of hydrogen-bond acceptors (Lipinski definition) is 5. The summed E-state index contributed by atoms with van der Waals surface area (Å²) in [7, 11) is 3.51. The summed E-state index contributed by atoms with van der Waals surface area (Å²) in [6.07, 6.45) is 5.48. The van der Waals surface area contributed by atoms with E-state index < -0.39 is 0 Å². The van der Waals surface area contributed by atoms with Crippen molar-refractivity contribution < 1.29 is 9.59 Å². The van der Waals surface area contributed by atoms with Gasteiger partial charge in [-0.25, -0.2) is 9.97 Å². The Bertz CT molecular complexity index is 1200. The lowest BCUT2D eigenvalue weighted by atomic mass is 9.91. The molecule has 1 atom stereocenters. The van der Waals surface area contributed by atoms with E-state index in [-0.39, 0.29) is 17.7 Å². The number of aryl methyl sites for hydroxylation is 1. The first kappa shape index (κ1) is 20.9. The van der Waals surface area contributed by atoms with Crippen LogP contribution in [0.5, 0.6) is 0 Å². The van der Waals surface area contributed by atoms with Gasteiger partial charge in [0.25, 0.3) is 11.8 Å². The molecule has 0 radical (unpaired) electrons. The zero-order chi connectivity index (χ0) is 22.4. The Morgan fingerprint density at radius 3 is 2.69 bits per heavy atom. The van der Waals surface area contributed by atoms with Crippen molar-refractivity contribution in [2.24, 2.45) is 7.05 Å². The zero-order valence-corrected chi connectivity index (χ0v) is 18.9. The van der Waals surface area contributed by atoms with E-state index in [9.17, 15) is 9.59 Å². The van der Waals surface area contributed by atoms with Gasteiger partial charge in [0, 0.05) is 50.9 Å². The Balaban J connectivity index is 1.51. The summed E-state index contributed by atoms with van der Waals surface area (Å²) in [6.45, 7) is 1.21. The molecule has 2 fully saturated rings. The molecule has 4 heterocycles. The molecular formula is C23H25ClN6O2. The summed E-state index contributed by atoms with van der Waals surface area (Å²) in [5.41, 5.74) is 3.66. The van der Waals surface area contributed by atoms with Crippen LogP contribution in [-0.2, 0) is 7.05 Å². The Labute approximate surface area is 191 Å². The maximum atomic E-state index is 13.0. The number of halogens is 1. The van der Waals surface area contributed by atoms with Crippen LogP contribution in [-0.4, -0.2) is 56.6 Å². The van der Waals surface area contributed by atoms with Crippen molar-refractivity contribution in [2.75, 3.05) is 20.1 Å². The fourth-order valence-electron chi connectivity index (χ4n) is 4.55. The van der Waals surface area contributed by atoms with Crippen molar-refractivity contribution >= 4 is 34.4 Å². The second kappa shape index (κ2) is 8.16. The van der Waals surface area contributed by atoms with Crippen molar-refractivity contribution in [3.05, 3.63) is 52.1 Å². The maximum absolute atomic E-state index is 13.0. The molecule has 1 aliphatic carbocycles. The number of carbonyl (C=O) groups excluding carboxylic acids is 2. The van der Waals surface area contributed by atoms with Gasteiger partial charge in [0.05, 0.1) is 22.2 Å². The number of aromatic nitrogens is 4. The molecule has 1 saturated heterocycles. The van der Waals surface area contributed by atoms with Crippen LogP contribution in [0, 0.1) is 0 Å². The molecular weight excluding hydrogens is 428 g/mol. The molecule has 1 N–H and O–H groups in total. The van der Waals surface area contributed by atoms with Crippen molar-refractivity contribution in [2.45, 2.75) is 37.5 Å². The quantitative estimate of drug-likeness (QED) is 0.613. The number of nitrogens with one attached hydrogen (secondary N) is 1. The smallest absolute Gasteiger partial charge is 0.255 e. The minimum atomic E-state index is -0.135. The number of likely N-dealkylation sites (tertiary alicyclic amines) is 1. The van der Waals surface area contributed by atoms with E-state index in [0.717, 1.165) is 48.1 Å². The number of nitrogens with zero attached hydrogens (tertiary/aromatic N) is 5. The van der Waals surface area contributed by atoms with E-state index in [1.807, 2.05) is 18.0 Å². The highest BCUT2D eigenvalue weighted by atomic mass is 35.5. The monoisotopic (exact) mass is 452 g/mol. The Morgan fingerprint density at radius 1 is 1.19 bits per heavy atom. The molecule has 1 saturated carbocycles. The average molecular weight is 453 g/mol. The van der Waals surface area contributed by atoms with E-state index in [0.29, 0.717) is 35.3 Å². The fraction of sp³-hybridized carbons (Fsp3) is 0.435. The molecule has 1 aliphatic heterocycles. The Hall–Kier alpha value is -3.00. The number of piperidine rings is 1. The van der Waals surface area contributed by atoms with E-state index in [1.165, 1.54) is 6.20 Å². The number of amides is 2. The average Bonchev–Trinajstić information content (AvgIpc) is 3.62. The van der Waals surface area contributed by atoms with Crippen molar-refractivity contribution in [3.63, 3.8) is 0 Å². The molecule has 8 nitrogen and oxygen atoms in total. The first-order valence-electron chi connectivity index (χ1n) is 11.0. The van der Waals surface area contributed by atoms with Crippen LogP contribution in [0.3, 0.4) is 0 Å². The maximum Gasteiger partial charge on any atom is 0.255 e. The fourth-order valence-corrected chi connectivity index (χ4v) is 4.67. The molecule has 166 valence electrons. The van der Waals surface area contributed by atoms with Gasteiger partial charge >= 0.3 is 0 Å². The van der Waals surface area contributed by atoms with E-state index in [2.05, 4.69) is 10.3 Å². The van der Waals surface area contributed by atoms with Crippen LogP contribution < -0.4 is 5.32 Å². The summed E-state index contributed by atoms with van der Waals surface area (Å²) in [4.78, 5) is 36.6. The second-order valence-electron chi connectivity index (χ2n) is 8.62. The van der Waals surface area contributed by atoms with Gasteiger partial charge in [-0.2, -0.15) is 5.10 Å². The number of pyridine rings is 2. The molecule has 2 aliphatic rings. The largest absolute Gasteiger partial charge is 0.355 e. The highest BCUT2D eigenvalue weighted by molar-refractivity contribution is 6.29. The highest BCUT2D eigenvalue weighted by Crippen LogP contribution is 2.41. The van der Waals surface area contributed by atoms with Gasteiger partial charge in [0.2, 0.25) is 0 Å². The summed E-state index contributed by atoms with van der Waals surface area (Å²) in [5, 5.41) is 8.72. The predicted molar refractivity (Wildman–Crippen MR) is 121 cm³/mol. The van der Waals surface area contributed by atoms with Crippen LogP contribution in [0.15, 0.2) is 24.4 Å². The van der Waals surface area contributed by atoms with Gasteiger partial charge in [0.1, 0.15) is 5.15 Å². The Morgan fingerprint density at radius 2 is 2.00 bits per heavy atom. The summed E-state index contributed by atoms with van der Waals surface area (Å²) in [5.74, 6) is 0.245. The predicted octanol–water partition coefficient (Wildman–Crippen LogP) is 3.27. The first-order valence-corrected chi connectivity index (χ1v) is 11.3. The van der Waals surface area contributed by atoms with Gasteiger partial charge < -0.3 is 10.2 Å². The molecule has 9 heteroatoms. The summed E-state index contributed by atoms with van der Waals surface area (Å²) < 4.78 is 1.77. The molecule has 0 bridgehead atoms. The van der Waals surface area contributed by atoms with Crippen LogP contribution in [0.4, 0.5) is 0 Å². The van der Waals surface area contributed by atoms with Gasteiger partial charge in [-0.3, -0.25) is 14.3 Å². The molecule has 2 amide bonds. The third kappa shape index (κ3) is 3.72. The SMILES string of the molecule is CNC(=O)c1cc(C2CC2)nc2c1c(C1CCCN(C(=O)c3ccc(Cl)nc3)C1)nn2C. The normalized spacial score (nSPS) is 18.7. The van der Waals surface area contributed by atoms with E-state index >= 15 is 0 Å². The number of rotatable bonds is 4. The number of carbonyl (C=O) groups is 2. The molecule has 1 unspecified atom stereocenters. The molecule has 5 rings (SSSR count). The molecule has 3 aromatic heterocycles. The molecule has 0 aromatic carbocycles. The third-order valence-corrected chi connectivity index (χ3v) is 6.60. The van der Waals surface area contributed by atoms with Crippen molar-refractivity contribution in [1.29, 1.82) is 0 Å². The van der Waals surface area contributed by atoms with Crippen LogP contribution in [0.2, 0.25) is 5.15 Å². The lowest BCUT2D eigenvalue weighted by Gasteiger charge is -2.32. The van der Waals surface area contributed by atoms with Crippen LogP contribution >= 0.6 is 11.6 Å². The van der Waals surface area contributed by atoms with Crippen molar-refractivity contribution in [3.8, 4) is 0 Å². The van der Waals surface area contributed by atoms with Gasteiger partial charge in [-0.05, 0) is 43.9 Å². The summed E-state index contributed by atoms with van der Waals surface area (Å²) >= 11 is 5.86. The number of hydrogen-bond donors (Lipinski definition) is 1. The Kier molecular flexibility index (Phi) is 5.33. The molecule has 3 aromatic rings. The first-order chi connectivity index (χ1) is 15.5. The minimum Gasteiger partial charge on any atom is -0.355 e. The topological polar surface area (TPSA) is 93.0 Å². The third-order valence-electron chi connectivity index (χ3n) is 6.38. The lowest BCUT2D eigenvalue weighted by molar-refractivity contribution is 0.0705. The summed E-state index contributed by atoms with van der Waals surface area (Å²) in [6, 6.07) is 5.25. The van der Waals surface area contributed by atoms with Crippen LogP contribution in [0.1, 0.15) is 69.6 Å². The van der Waals surface area contributed by atoms with E-state index in [1.54, 1.807) is 23.9 Å². The highest BCUT2D eigenvalue weighted by Gasteiger charge is 2.33. The van der Waals surface area contributed by atoms with Crippen LogP contribution in [0.25, 0.3) is 11.0 Å². The van der Waals surface area contributed by atoms with Gasteiger partial charge in [-0.1, -0.05) is 11.6 Å². The number of fused-ring (bicyclic) bond motifs is 1. The molecule has 0 spiro atoms. The van der Waals surface area contributed by atoms with Crippen molar-refractivity contribution in [1.82, 2.24) is 30.0 Å².